The van der Waals surface area contributed by atoms with Crippen molar-refractivity contribution in [3.8, 4) is 5.69 Å². The van der Waals surface area contributed by atoms with E-state index in [4.69, 9.17) is 10.8 Å². The number of rotatable bonds is 13. The Labute approximate surface area is 193 Å². The maximum absolute atomic E-state index is 5.95. The van der Waals surface area contributed by atoms with Crippen LogP contribution in [0, 0.1) is 0 Å². The lowest BCUT2D eigenvalue weighted by atomic mass is 9.88. The van der Waals surface area contributed by atoms with Crippen molar-refractivity contribution in [2.24, 2.45) is 0 Å². The molecule has 2 aromatic rings. The summed E-state index contributed by atoms with van der Waals surface area (Å²) in [4.78, 5) is 0. The molecule has 0 saturated heterocycles. The molecule has 2 N–H and O–H groups in total. The molecular formula is C26H42N4S. The molecule has 1 aromatic heterocycles. The zero-order chi connectivity index (χ0) is 21.9. The van der Waals surface area contributed by atoms with E-state index < -0.39 is 0 Å². The third-order valence-electron chi connectivity index (χ3n) is 6.55. The van der Waals surface area contributed by atoms with Crippen molar-refractivity contribution in [3.05, 3.63) is 30.1 Å². The first kappa shape index (κ1) is 24.2. The summed E-state index contributed by atoms with van der Waals surface area (Å²) in [6.07, 6.45) is 18.7. The number of hydrogen-bond acceptors (Lipinski definition) is 4. The minimum atomic E-state index is 0.524. The number of nitrogens with two attached hydrogens (primary N) is 1. The summed E-state index contributed by atoms with van der Waals surface area (Å²) in [5.41, 5.74) is 7.89. The Morgan fingerprint density at radius 3 is 2.26 bits per heavy atom. The number of nitrogens with zero attached hydrogens (tertiary/aromatic N) is 3. The molecule has 0 aliphatic heterocycles. The number of anilines is 1. The van der Waals surface area contributed by atoms with E-state index in [0.29, 0.717) is 11.2 Å². The van der Waals surface area contributed by atoms with Crippen LogP contribution in [0.4, 0.5) is 5.69 Å². The first-order valence-electron chi connectivity index (χ1n) is 12.7. The molecule has 1 aromatic carbocycles. The highest BCUT2D eigenvalue weighted by Gasteiger charge is 2.25. The van der Waals surface area contributed by atoms with Crippen molar-refractivity contribution in [1.29, 1.82) is 0 Å². The quantitative estimate of drug-likeness (QED) is 0.194. The predicted octanol–water partition coefficient (Wildman–Crippen LogP) is 7.91. The number of hydrogen-bond donors (Lipinski definition) is 1. The summed E-state index contributed by atoms with van der Waals surface area (Å²) in [7, 11) is 0. The van der Waals surface area contributed by atoms with E-state index in [1.54, 1.807) is 0 Å². The van der Waals surface area contributed by atoms with Crippen LogP contribution >= 0.6 is 11.8 Å². The Morgan fingerprint density at radius 1 is 0.935 bits per heavy atom. The minimum absolute atomic E-state index is 0.524. The monoisotopic (exact) mass is 442 g/mol. The lowest BCUT2D eigenvalue weighted by molar-refractivity contribution is 0.423. The molecule has 1 aliphatic carbocycles. The Balaban J connectivity index is 1.58. The molecular weight excluding hydrogens is 400 g/mol. The second kappa shape index (κ2) is 13.1. The van der Waals surface area contributed by atoms with Crippen LogP contribution in [0.15, 0.2) is 29.4 Å². The smallest absolute Gasteiger partial charge is 0.196 e. The Morgan fingerprint density at radius 2 is 1.58 bits per heavy atom. The van der Waals surface area contributed by atoms with Gasteiger partial charge in [-0.05, 0) is 43.5 Å². The average Bonchev–Trinajstić information content (AvgIpc) is 3.20. The molecule has 1 atom stereocenters. The van der Waals surface area contributed by atoms with E-state index in [1.807, 2.05) is 23.9 Å². The van der Waals surface area contributed by atoms with Crippen LogP contribution in [0.1, 0.15) is 115 Å². The van der Waals surface area contributed by atoms with Crippen LogP contribution in [-0.2, 0) is 0 Å². The van der Waals surface area contributed by atoms with Crippen LogP contribution < -0.4 is 5.73 Å². The molecule has 0 radical (unpaired) electrons. The zero-order valence-corrected chi connectivity index (χ0v) is 20.5. The van der Waals surface area contributed by atoms with Gasteiger partial charge in [0.05, 0.1) is 0 Å². The number of aromatic nitrogens is 3. The van der Waals surface area contributed by atoms with Gasteiger partial charge in [0.1, 0.15) is 5.82 Å². The summed E-state index contributed by atoms with van der Waals surface area (Å²) in [5.74, 6) is 1.67. The summed E-state index contributed by atoms with van der Waals surface area (Å²) in [6.45, 7) is 4.62. The number of benzene rings is 1. The third-order valence-corrected chi connectivity index (χ3v) is 7.66. The van der Waals surface area contributed by atoms with Gasteiger partial charge in [0.15, 0.2) is 5.16 Å². The average molecular weight is 443 g/mol. The molecule has 5 heteroatoms. The van der Waals surface area contributed by atoms with Gasteiger partial charge in [0.25, 0.3) is 0 Å². The first-order chi connectivity index (χ1) is 15.2. The van der Waals surface area contributed by atoms with Gasteiger partial charge in [-0.1, -0.05) is 96.2 Å². The highest BCUT2D eigenvalue weighted by Crippen LogP contribution is 2.36. The lowest BCUT2D eigenvalue weighted by Crippen LogP contribution is -2.12. The van der Waals surface area contributed by atoms with Gasteiger partial charge < -0.3 is 5.73 Å². The van der Waals surface area contributed by atoms with E-state index in [-0.39, 0.29) is 0 Å². The fourth-order valence-corrected chi connectivity index (χ4v) is 5.69. The molecule has 1 unspecified atom stereocenters. The van der Waals surface area contributed by atoms with Crippen molar-refractivity contribution in [1.82, 2.24) is 14.8 Å². The molecule has 31 heavy (non-hydrogen) atoms. The van der Waals surface area contributed by atoms with Gasteiger partial charge in [0, 0.05) is 22.5 Å². The van der Waals surface area contributed by atoms with E-state index in [1.165, 1.54) is 89.9 Å². The largest absolute Gasteiger partial charge is 0.399 e. The number of thioether (sulfide) groups is 1. The van der Waals surface area contributed by atoms with Crippen molar-refractivity contribution < 1.29 is 0 Å². The molecule has 1 fully saturated rings. The summed E-state index contributed by atoms with van der Waals surface area (Å²) in [6, 6.07) is 8.19. The fraction of sp³-hybridized carbons (Fsp3) is 0.692. The number of nitrogen functional groups attached to an aromatic ring is 1. The van der Waals surface area contributed by atoms with Gasteiger partial charge >= 0.3 is 0 Å². The molecule has 3 rings (SSSR count). The SMILES string of the molecule is CCCCCCCCCCC(C)Sc1nnc(C2CCCCC2)n1-c1ccc(N)cc1. The Hall–Kier alpha value is -1.49. The molecule has 0 spiro atoms. The van der Waals surface area contributed by atoms with Crippen molar-refractivity contribution in [3.63, 3.8) is 0 Å². The van der Waals surface area contributed by atoms with Crippen molar-refractivity contribution in [2.45, 2.75) is 120 Å². The summed E-state index contributed by atoms with van der Waals surface area (Å²) >= 11 is 1.89. The maximum atomic E-state index is 5.95. The van der Waals surface area contributed by atoms with E-state index in [2.05, 4.69) is 35.6 Å². The van der Waals surface area contributed by atoms with Gasteiger partial charge in [-0.25, -0.2) is 0 Å². The van der Waals surface area contributed by atoms with Crippen LogP contribution in [0.2, 0.25) is 0 Å². The third kappa shape index (κ3) is 7.55. The molecule has 1 aliphatic rings. The van der Waals surface area contributed by atoms with Crippen LogP contribution in [0.3, 0.4) is 0 Å². The molecule has 172 valence electrons. The van der Waals surface area contributed by atoms with Gasteiger partial charge in [-0.3, -0.25) is 4.57 Å². The summed E-state index contributed by atoms with van der Waals surface area (Å²) in [5, 5.41) is 10.9. The van der Waals surface area contributed by atoms with Crippen molar-refractivity contribution >= 4 is 17.4 Å². The normalized spacial score (nSPS) is 15.9. The zero-order valence-electron chi connectivity index (χ0n) is 19.7. The van der Waals surface area contributed by atoms with Crippen molar-refractivity contribution in [2.75, 3.05) is 5.73 Å². The fourth-order valence-electron chi connectivity index (χ4n) is 4.65. The molecule has 0 bridgehead atoms. The number of unbranched alkanes of at least 4 members (excludes halogenated alkanes) is 7. The van der Waals surface area contributed by atoms with Crippen LogP contribution in [0.25, 0.3) is 5.69 Å². The predicted molar refractivity (Wildman–Crippen MR) is 134 cm³/mol. The Bertz CT molecular complexity index is 749. The Kier molecular flexibility index (Phi) is 10.2. The minimum Gasteiger partial charge on any atom is -0.399 e. The molecule has 1 heterocycles. The highest BCUT2D eigenvalue weighted by atomic mass is 32.2. The first-order valence-corrected chi connectivity index (χ1v) is 13.5. The standard InChI is InChI=1S/C26H42N4S/c1-3-4-5-6-7-8-9-11-14-21(2)31-26-29-28-25(22-15-12-10-13-16-22)30(26)24-19-17-23(27)18-20-24/h17-22H,3-16,27H2,1-2H3. The highest BCUT2D eigenvalue weighted by molar-refractivity contribution is 7.99. The second-order valence-corrected chi connectivity index (χ2v) is 10.7. The van der Waals surface area contributed by atoms with E-state index in [9.17, 15) is 0 Å². The van der Waals surface area contributed by atoms with E-state index in [0.717, 1.165) is 22.4 Å². The lowest BCUT2D eigenvalue weighted by Gasteiger charge is -2.22. The van der Waals surface area contributed by atoms with Gasteiger partial charge in [0.2, 0.25) is 0 Å². The topological polar surface area (TPSA) is 56.7 Å². The van der Waals surface area contributed by atoms with Crippen LogP contribution in [-0.4, -0.2) is 20.0 Å². The van der Waals surface area contributed by atoms with Crippen LogP contribution in [0.5, 0.6) is 0 Å². The molecule has 0 amide bonds. The van der Waals surface area contributed by atoms with Gasteiger partial charge in [-0.2, -0.15) is 0 Å². The summed E-state index contributed by atoms with van der Waals surface area (Å²) < 4.78 is 2.31. The maximum Gasteiger partial charge on any atom is 0.196 e. The van der Waals surface area contributed by atoms with Gasteiger partial charge in [-0.15, -0.1) is 10.2 Å². The molecule has 4 nitrogen and oxygen atoms in total. The van der Waals surface area contributed by atoms with E-state index >= 15 is 0 Å². The molecule has 1 saturated carbocycles. The second-order valence-electron chi connectivity index (χ2n) is 9.29.